The van der Waals surface area contributed by atoms with Crippen LogP contribution in [0.1, 0.15) is 39.3 Å². The number of para-hydroxylation sites is 1. The number of rotatable bonds is 6. The first-order chi connectivity index (χ1) is 15.5. The standard InChI is InChI=1S/C25H23N3O3S/c1-17(21-9-5-6-10-22(21)29)26-27-24(31)19-11-13-20(14-12-19)25-28(23(30)16-32-25)15-18-7-3-2-4-8-18/h2-14,25,29H,15-16H2,1H3,(H,27,31)/b26-17-/t25-/m0/s1. The van der Waals surface area contributed by atoms with Crippen molar-refractivity contribution in [1.82, 2.24) is 10.3 Å². The van der Waals surface area contributed by atoms with Crippen molar-refractivity contribution in [3.63, 3.8) is 0 Å². The van der Waals surface area contributed by atoms with Crippen LogP contribution in [0, 0.1) is 0 Å². The number of amides is 2. The minimum absolute atomic E-state index is 0.0823. The molecular weight excluding hydrogens is 422 g/mol. The van der Waals surface area contributed by atoms with E-state index < -0.39 is 0 Å². The summed E-state index contributed by atoms with van der Waals surface area (Å²) in [6.07, 6.45) is 0. The van der Waals surface area contributed by atoms with Crippen LogP contribution >= 0.6 is 11.8 Å². The van der Waals surface area contributed by atoms with E-state index in [9.17, 15) is 14.7 Å². The van der Waals surface area contributed by atoms with Gasteiger partial charge in [-0.2, -0.15) is 5.10 Å². The number of nitrogens with one attached hydrogen (secondary N) is 1. The largest absolute Gasteiger partial charge is 0.507 e. The number of hydrogen-bond donors (Lipinski definition) is 2. The second-order valence-electron chi connectivity index (χ2n) is 7.45. The van der Waals surface area contributed by atoms with Gasteiger partial charge in [-0.25, -0.2) is 5.43 Å². The summed E-state index contributed by atoms with van der Waals surface area (Å²) in [5.74, 6) is 0.318. The lowest BCUT2D eigenvalue weighted by Gasteiger charge is -2.24. The normalized spacial score (nSPS) is 16.3. The maximum absolute atomic E-state index is 12.5. The zero-order valence-corrected chi connectivity index (χ0v) is 18.4. The molecule has 0 aliphatic carbocycles. The van der Waals surface area contributed by atoms with Crippen molar-refractivity contribution in [2.45, 2.75) is 18.8 Å². The summed E-state index contributed by atoms with van der Waals surface area (Å²) < 4.78 is 0. The average molecular weight is 446 g/mol. The van der Waals surface area contributed by atoms with E-state index in [1.165, 1.54) is 0 Å². The van der Waals surface area contributed by atoms with Crippen LogP contribution in [-0.4, -0.2) is 33.3 Å². The molecule has 3 aromatic carbocycles. The second kappa shape index (κ2) is 9.70. The van der Waals surface area contributed by atoms with Gasteiger partial charge in [-0.3, -0.25) is 9.59 Å². The molecule has 1 aliphatic heterocycles. The summed E-state index contributed by atoms with van der Waals surface area (Å²) in [6, 6.07) is 24.0. The van der Waals surface area contributed by atoms with Crippen LogP contribution in [0.5, 0.6) is 5.75 Å². The van der Waals surface area contributed by atoms with Gasteiger partial charge in [0.25, 0.3) is 5.91 Å². The molecule has 1 fully saturated rings. The van der Waals surface area contributed by atoms with Crippen LogP contribution in [-0.2, 0) is 11.3 Å². The number of phenolic OH excluding ortho intramolecular Hbond substituents is 1. The third kappa shape index (κ3) is 4.84. The molecule has 1 atom stereocenters. The van der Waals surface area contributed by atoms with Gasteiger partial charge in [0.2, 0.25) is 5.91 Å². The topological polar surface area (TPSA) is 82.0 Å². The number of carbonyl (C=O) groups is 2. The molecule has 1 saturated heterocycles. The monoisotopic (exact) mass is 445 g/mol. The number of carbonyl (C=O) groups excluding carboxylic acids is 2. The molecule has 3 aromatic rings. The molecule has 0 saturated carbocycles. The molecule has 0 spiro atoms. The van der Waals surface area contributed by atoms with E-state index in [0.717, 1.165) is 11.1 Å². The maximum Gasteiger partial charge on any atom is 0.271 e. The summed E-state index contributed by atoms with van der Waals surface area (Å²) >= 11 is 1.59. The highest BCUT2D eigenvalue weighted by Crippen LogP contribution is 2.39. The molecule has 162 valence electrons. The number of hydrazone groups is 1. The van der Waals surface area contributed by atoms with Crippen molar-refractivity contribution in [3.8, 4) is 5.75 Å². The fourth-order valence-electron chi connectivity index (χ4n) is 3.52. The molecule has 0 radical (unpaired) electrons. The third-order valence-corrected chi connectivity index (χ3v) is 6.50. The first-order valence-electron chi connectivity index (χ1n) is 10.2. The summed E-state index contributed by atoms with van der Waals surface area (Å²) in [6.45, 7) is 2.27. The van der Waals surface area contributed by atoms with Crippen molar-refractivity contribution in [1.29, 1.82) is 0 Å². The Morgan fingerprint density at radius 1 is 1.06 bits per heavy atom. The molecular formula is C25H23N3O3S. The highest BCUT2D eigenvalue weighted by molar-refractivity contribution is 8.00. The van der Waals surface area contributed by atoms with Gasteiger partial charge in [0.15, 0.2) is 0 Å². The molecule has 4 rings (SSSR count). The van der Waals surface area contributed by atoms with Crippen LogP contribution in [0.2, 0.25) is 0 Å². The highest BCUT2D eigenvalue weighted by atomic mass is 32.2. The van der Waals surface area contributed by atoms with Crippen LogP contribution < -0.4 is 5.43 Å². The average Bonchev–Trinajstić information content (AvgIpc) is 3.18. The molecule has 2 amide bonds. The lowest BCUT2D eigenvalue weighted by Crippen LogP contribution is -2.27. The molecule has 32 heavy (non-hydrogen) atoms. The first-order valence-corrected chi connectivity index (χ1v) is 11.3. The van der Waals surface area contributed by atoms with E-state index in [4.69, 9.17) is 0 Å². The van der Waals surface area contributed by atoms with E-state index >= 15 is 0 Å². The minimum atomic E-state index is -0.345. The van der Waals surface area contributed by atoms with Gasteiger partial charge in [-0.1, -0.05) is 54.6 Å². The van der Waals surface area contributed by atoms with Gasteiger partial charge in [0.1, 0.15) is 11.1 Å². The first kappa shape index (κ1) is 21.6. The number of benzene rings is 3. The second-order valence-corrected chi connectivity index (χ2v) is 8.52. The van der Waals surface area contributed by atoms with Crippen molar-refractivity contribution < 1.29 is 14.7 Å². The van der Waals surface area contributed by atoms with Crippen molar-refractivity contribution in [3.05, 3.63) is 101 Å². The summed E-state index contributed by atoms with van der Waals surface area (Å²) in [4.78, 5) is 26.8. The minimum Gasteiger partial charge on any atom is -0.507 e. The Morgan fingerprint density at radius 2 is 1.75 bits per heavy atom. The molecule has 2 N–H and O–H groups in total. The van der Waals surface area contributed by atoms with Gasteiger partial charge in [-0.05, 0) is 42.3 Å². The van der Waals surface area contributed by atoms with Gasteiger partial charge in [0, 0.05) is 17.7 Å². The fraction of sp³-hybridized carbons (Fsp3) is 0.160. The Balaban J connectivity index is 1.44. The Kier molecular flexibility index (Phi) is 6.56. The summed E-state index contributed by atoms with van der Waals surface area (Å²) in [5, 5.41) is 13.9. The Hall–Kier alpha value is -3.58. The molecule has 0 bridgehead atoms. The van der Waals surface area contributed by atoms with Gasteiger partial charge in [-0.15, -0.1) is 11.8 Å². The van der Waals surface area contributed by atoms with Gasteiger partial charge in [0.05, 0.1) is 11.5 Å². The number of hydrogen-bond acceptors (Lipinski definition) is 5. The number of phenols is 1. The van der Waals surface area contributed by atoms with E-state index in [2.05, 4.69) is 10.5 Å². The molecule has 0 unspecified atom stereocenters. The van der Waals surface area contributed by atoms with E-state index in [1.54, 1.807) is 55.1 Å². The highest BCUT2D eigenvalue weighted by Gasteiger charge is 2.32. The SMILES string of the molecule is C/C(=N/NC(=O)c1ccc([C@@H]2SCC(=O)N2Cc2ccccc2)cc1)c1ccccc1O. The lowest BCUT2D eigenvalue weighted by atomic mass is 10.1. The quantitative estimate of drug-likeness (QED) is 0.437. The predicted octanol–water partition coefficient (Wildman–Crippen LogP) is 4.32. The zero-order chi connectivity index (χ0) is 22.5. The van der Waals surface area contributed by atoms with Crippen molar-refractivity contribution >= 4 is 29.3 Å². The smallest absolute Gasteiger partial charge is 0.271 e. The number of aromatic hydroxyl groups is 1. The van der Waals surface area contributed by atoms with E-state index in [-0.39, 0.29) is 22.9 Å². The van der Waals surface area contributed by atoms with Crippen LogP contribution in [0.3, 0.4) is 0 Å². The van der Waals surface area contributed by atoms with Crippen LogP contribution in [0.4, 0.5) is 0 Å². The number of nitrogens with zero attached hydrogens (tertiary/aromatic N) is 2. The molecule has 6 nitrogen and oxygen atoms in total. The molecule has 0 aromatic heterocycles. The van der Waals surface area contributed by atoms with Gasteiger partial charge >= 0.3 is 0 Å². The lowest BCUT2D eigenvalue weighted by molar-refractivity contribution is -0.128. The van der Waals surface area contributed by atoms with Crippen molar-refractivity contribution in [2.24, 2.45) is 5.10 Å². The van der Waals surface area contributed by atoms with E-state index in [0.29, 0.717) is 29.1 Å². The summed E-state index contributed by atoms with van der Waals surface area (Å²) in [5.41, 5.74) is 6.12. The van der Waals surface area contributed by atoms with Crippen molar-refractivity contribution in [2.75, 3.05) is 5.75 Å². The molecule has 1 aliphatic rings. The Morgan fingerprint density at radius 3 is 2.47 bits per heavy atom. The zero-order valence-electron chi connectivity index (χ0n) is 17.6. The molecule has 1 heterocycles. The number of thioether (sulfide) groups is 1. The third-order valence-electron chi connectivity index (χ3n) is 5.24. The van der Waals surface area contributed by atoms with Crippen LogP contribution in [0.15, 0.2) is 84.0 Å². The van der Waals surface area contributed by atoms with Gasteiger partial charge < -0.3 is 10.0 Å². The summed E-state index contributed by atoms with van der Waals surface area (Å²) in [7, 11) is 0. The molecule has 7 heteroatoms. The Labute approximate surface area is 191 Å². The Bertz CT molecular complexity index is 1150. The fourth-order valence-corrected chi connectivity index (χ4v) is 4.71. The van der Waals surface area contributed by atoms with Crippen LogP contribution in [0.25, 0.3) is 0 Å². The maximum atomic E-state index is 12.5. The predicted molar refractivity (Wildman–Crippen MR) is 126 cm³/mol. The van der Waals surface area contributed by atoms with E-state index in [1.807, 2.05) is 47.4 Å².